The Morgan fingerprint density at radius 3 is 2.65 bits per heavy atom. The van der Waals surface area contributed by atoms with E-state index in [0.29, 0.717) is 24.1 Å². The summed E-state index contributed by atoms with van der Waals surface area (Å²) in [4.78, 5) is 17.8. The molecular weight excluding hydrogens is 477 g/mol. The first-order valence-electron chi connectivity index (χ1n) is 10.1. The van der Waals surface area contributed by atoms with Crippen molar-refractivity contribution >= 4 is 27.3 Å². The van der Waals surface area contributed by atoms with Crippen LogP contribution in [-0.4, -0.2) is 31.1 Å². The third kappa shape index (κ3) is 4.69. The molecule has 0 fully saturated rings. The minimum atomic E-state index is -4.62. The molecule has 4 rings (SSSR count). The third-order valence-corrected chi connectivity index (χ3v) is 6.57. The van der Waals surface area contributed by atoms with Gasteiger partial charge in [-0.3, -0.25) is 14.4 Å². The third-order valence-electron chi connectivity index (χ3n) is 5.04. The van der Waals surface area contributed by atoms with E-state index >= 15 is 0 Å². The second-order valence-electron chi connectivity index (χ2n) is 7.50. The molecule has 1 amide bonds. The Labute approximate surface area is 192 Å². The molecule has 3 aromatic rings. The highest BCUT2D eigenvalue weighted by atomic mass is 32.2. The zero-order valence-corrected chi connectivity index (χ0v) is 18.8. The highest BCUT2D eigenvalue weighted by Crippen LogP contribution is 2.38. The van der Waals surface area contributed by atoms with Crippen molar-refractivity contribution in [2.24, 2.45) is 0 Å². The molecule has 1 N–H and O–H groups in total. The summed E-state index contributed by atoms with van der Waals surface area (Å²) in [7, 11) is -4.27. The number of aromatic nitrogens is 2. The molecule has 0 saturated heterocycles. The first-order valence-corrected chi connectivity index (χ1v) is 11.6. The number of nitrogens with zero attached hydrogens (tertiary/aromatic N) is 3. The lowest BCUT2D eigenvalue weighted by molar-refractivity contribution is -0.137. The number of amides is 1. The summed E-state index contributed by atoms with van der Waals surface area (Å²) in [6, 6.07) is 6.55. The molecule has 0 unspecified atom stereocenters. The monoisotopic (exact) mass is 496 g/mol. The van der Waals surface area contributed by atoms with E-state index < -0.39 is 21.8 Å². The van der Waals surface area contributed by atoms with Gasteiger partial charge in [-0.15, -0.1) is 0 Å². The maximum Gasteiger partial charge on any atom is 0.416 e. The van der Waals surface area contributed by atoms with Gasteiger partial charge in [-0.25, -0.2) is 8.42 Å². The standard InChI is InChI=1S/C21H19F3N4O5S/c1-3-19-25-18(26-33-19)10-28-15-7-12(2)17(9-16(15)32-11-20(28)29)34(30,31)27-14-6-4-5-13(8-14)21(22,23)24/h4-9,27H,3,10-11H2,1-2H3. The molecule has 1 aromatic heterocycles. The fourth-order valence-electron chi connectivity index (χ4n) is 3.40. The van der Waals surface area contributed by atoms with Crippen LogP contribution in [0.1, 0.15) is 29.8 Å². The van der Waals surface area contributed by atoms with Gasteiger partial charge in [0.05, 0.1) is 22.7 Å². The van der Waals surface area contributed by atoms with E-state index in [-0.39, 0.29) is 46.8 Å². The molecule has 0 spiro atoms. The zero-order chi connectivity index (χ0) is 24.7. The SMILES string of the molecule is CCc1nc(CN2C(=O)COc3cc(S(=O)(=O)Nc4cccc(C(F)(F)F)c4)c(C)cc32)no1. The summed E-state index contributed by atoms with van der Waals surface area (Å²) in [6.45, 7) is 2.99. The predicted molar refractivity (Wildman–Crippen MR) is 114 cm³/mol. The van der Waals surface area contributed by atoms with Gasteiger partial charge in [0.15, 0.2) is 12.4 Å². The van der Waals surface area contributed by atoms with Crippen LogP contribution in [0.3, 0.4) is 0 Å². The van der Waals surface area contributed by atoms with Crippen LogP contribution < -0.4 is 14.4 Å². The molecule has 2 heterocycles. The van der Waals surface area contributed by atoms with Gasteiger partial charge in [-0.1, -0.05) is 18.1 Å². The van der Waals surface area contributed by atoms with Gasteiger partial charge in [0.1, 0.15) is 5.75 Å². The highest BCUT2D eigenvalue weighted by Gasteiger charge is 2.32. The summed E-state index contributed by atoms with van der Waals surface area (Å²) < 4.78 is 77.6. The second-order valence-corrected chi connectivity index (χ2v) is 9.15. The minimum Gasteiger partial charge on any atom is -0.482 e. The molecular formula is C21H19F3N4O5S. The molecule has 0 atom stereocenters. The number of benzene rings is 2. The molecule has 0 saturated carbocycles. The lowest BCUT2D eigenvalue weighted by Gasteiger charge is -2.29. The molecule has 1 aliphatic rings. The van der Waals surface area contributed by atoms with Crippen LogP contribution in [0, 0.1) is 6.92 Å². The Kier molecular flexibility index (Phi) is 5.98. The maximum atomic E-state index is 13.0. The second kappa shape index (κ2) is 8.63. The fraction of sp³-hybridized carbons (Fsp3) is 0.286. The van der Waals surface area contributed by atoms with Crippen LogP contribution in [0.25, 0.3) is 0 Å². The van der Waals surface area contributed by atoms with Crippen LogP contribution in [0.15, 0.2) is 45.8 Å². The Bertz CT molecular complexity index is 1350. The van der Waals surface area contributed by atoms with Gasteiger partial charge in [0, 0.05) is 18.2 Å². The van der Waals surface area contributed by atoms with E-state index in [2.05, 4.69) is 14.9 Å². The van der Waals surface area contributed by atoms with Crippen LogP contribution in [0.5, 0.6) is 5.75 Å². The lowest BCUT2D eigenvalue weighted by atomic mass is 10.1. The number of fused-ring (bicyclic) bond motifs is 1. The number of carbonyl (C=O) groups excluding carboxylic acids is 1. The Hall–Kier alpha value is -3.61. The molecule has 0 radical (unpaired) electrons. The number of nitrogens with one attached hydrogen (secondary N) is 1. The summed E-state index contributed by atoms with van der Waals surface area (Å²) in [5.41, 5.74) is -0.660. The van der Waals surface area contributed by atoms with Crippen molar-refractivity contribution in [2.45, 2.75) is 37.9 Å². The largest absolute Gasteiger partial charge is 0.482 e. The average molecular weight is 496 g/mol. The van der Waals surface area contributed by atoms with E-state index in [0.717, 1.165) is 12.1 Å². The summed E-state index contributed by atoms with van der Waals surface area (Å²) in [6.07, 6.45) is -4.09. The van der Waals surface area contributed by atoms with Gasteiger partial charge >= 0.3 is 6.18 Å². The Morgan fingerprint density at radius 2 is 1.97 bits per heavy atom. The van der Waals surface area contributed by atoms with E-state index in [1.807, 2.05) is 6.92 Å². The summed E-state index contributed by atoms with van der Waals surface area (Å²) in [5.74, 6) is 0.425. The molecule has 2 aromatic carbocycles. The van der Waals surface area contributed by atoms with Crippen LogP contribution in [0.4, 0.5) is 24.5 Å². The lowest BCUT2D eigenvalue weighted by Crippen LogP contribution is -2.38. The van der Waals surface area contributed by atoms with Crippen molar-refractivity contribution < 1.29 is 35.6 Å². The van der Waals surface area contributed by atoms with Crippen LogP contribution in [0.2, 0.25) is 0 Å². The number of sulfonamides is 1. The highest BCUT2D eigenvalue weighted by molar-refractivity contribution is 7.92. The molecule has 1 aliphatic heterocycles. The number of alkyl halides is 3. The number of ether oxygens (including phenoxy) is 1. The van der Waals surface area contributed by atoms with Crippen molar-refractivity contribution in [1.82, 2.24) is 10.1 Å². The number of carbonyl (C=O) groups is 1. The van der Waals surface area contributed by atoms with E-state index in [1.54, 1.807) is 0 Å². The van der Waals surface area contributed by atoms with Crippen molar-refractivity contribution in [3.05, 3.63) is 59.2 Å². The van der Waals surface area contributed by atoms with Gasteiger partial charge in [-0.05, 0) is 36.8 Å². The van der Waals surface area contributed by atoms with E-state index in [1.165, 1.54) is 30.0 Å². The first kappa shape index (κ1) is 23.5. The number of aryl methyl sites for hydroxylation is 2. The molecule has 0 aliphatic carbocycles. The average Bonchev–Trinajstić information content (AvgIpc) is 3.22. The Balaban J connectivity index is 1.65. The van der Waals surface area contributed by atoms with Crippen molar-refractivity contribution in [3.8, 4) is 5.75 Å². The summed E-state index contributed by atoms with van der Waals surface area (Å²) >= 11 is 0. The van der Waals surface area contributed by atoms with Gasteiger partial charge in [0.25, 0.3) is 15.9 Å². The van der Waals surface area contributed by atoms with Crippen molar-refractivity contribution in [1.29, 1.82) is 0 Å². The van der Waals surface area contributed by atoms with Crippen molar-refractivity contribution in [2.75, 3.05) is 16.2 Å². The van der Waals surface area contributed by atoms with Gasteiger partial charge in [-0.2, -0.15) is 18.2 Å². The fourth-order valence-corrected chi connectivity index (χ4v) is 4.70. The Morgan fingerprint density at radius 1 is 1.21 bits per heavy atom. The predicted octanol–water partition coefficient (Wildman–Crippen LogP) is 3.69. The number of hydrogen-bond acceptors (Lipinski definition) is 7. The minimum absolute atomic E-state index is 0.00723. The quantitative estimate of drug-likeness (QED) is 0.554. The molecule has 13 heteroatoms. The normalized spacial score (nSPS) is 14.0. The maximum absolute atomic E-state index is 13.0. The topological polar surface area (TPSA) is 115 Å². The molecule has 34 heavy (non-hydrogen) atoms. The number of anilines is 2. The first-order chi connectivity index (χ1) is 16.0. The summed E-state index contributed by atoms with van der Waals surface area (Å²) in [5, 5.41) is 3.83. The van der Waals surface area contributed by atoms with E-state index in [9.17, 15) is 26.4 Å². The number of rotatable bonds is 6. The van der Waals surface area contributed by atoms with Gasteiger partial charge < -0.3 is 9.26 Å². The molecule has 0 bridgehead atoms. The zero-order valence-electron chi connectivity index (χ0n) is 18.0. The van der Waals surface area contributed by atoms with Crippen LogP contribution >= 0.6 is 0 Å². The molecule has 180 valence electrons. The van der Waals surface area contributed by atoms with E-state index in [4.69, 9.17) is 9.26 Å². The smallest absolute Gasteiger partial charge is 0.416 e. The molecule has 9 nitrogen and oxygen atoms in total. The van der Waals surface area contributed by atoms with Gasteiger partial charge in [0.2, 0.25) is 5.89 Å². The van der Waals surface area contributed by atoms with Crippen LogP contribution in [-0.2, 0) is 34.0 Å². The van der Waals surface area contributed by atoms with Crippen molar-refractivity contribution in [3.63, 3.8) is 0 Å². The number of halogens is 3. The number of hydrogen-bond donors (Lipinski definition) is 1.